The molecule has 20 heavy (non-hydrogen) atoms. The Hall–Kier alpha value is -0.570. The predicted octanol–water partition coefficient (Wildman–Crippen LogP) is 2.21. The van der Waals surface area contributed by atoms with Crippen LogP contribution in [-0.4, -0.2) is 48.9 Å². The molecule has 1 aliphatic heterocycles. The highest BCUT2D eigenvalue weighted by Crippen LogP contribution is 2.29. The van der Waals surface area contributed by atoms with Crippen LogP contribution in [0.25, 0.3) is 0 Å². The standard InChI is InChI=1S/C12H17NO4S3/c1-20(16,17)13-4-2-3-9(6-13)7-18-10-5-11(12(14)15)19-8-10/h5,8-9H,2-4,6-7H2,1H3,(H,14,15). The lowest BCUT2D eigenvalue weighted by molar-refractivity contribution is 0.0702. The summed E-state index contributed by atoms with van der Waals surface area (Å²) in [7, 11) is -3.10. The van der Waals surface area contributed by atoms with Gasteiger partial charge in [-0.15, -0.1) is 23.1 Å². The predicted molar refractivity (Wildman–Crippen MR) is 81.1 cm³/mol. The van der Waals surface area contributed by atoms with E-state index in [2.05, 4.69) is 0 Å². The number of thiophene rings is 1. The van der Waals surface area contributed by atoms with Crippen LogP contribution in [0, 0.1) is 5.92 Å². The van der Waals surface area contributed by atoms with E-state index in [0.717, 1.165) is 23.5 Å². The summed E-state index contributed by atoms with van der Waals surface area (Å²) in [6.45, 7) is 1.18. The van der Waals surface area contributed by atoms with Crippen LogP contribution in [-0.2, 0) is 10.0 Å². The molecule has 0 bridgehead atoms. The van der Waals surface area contributed by atoms with Crippen molar-refractivity contribution in [1.29, 1.82) is 0 Å². The van der Waals surface area contributed by atoms with Gasteiger partial charge >= 0.3 is 5.97 Å². The van der Waals surface area contributed by atoms with Crippen LogP contribution in [0.15, 0.2) is 16.3 Å². The van der Waals surface area contributed by atoms with Crippen LogP contribution >= 0.6 is 23.1 Å². The molecule has 1 aromatic heterocycles. The summed E-state index contributed by atoms with van der Waals surface area (Å²) < 4.78 is 24.6. The van der Waals surface area contributed by atoms with E-state index < -0.39 is 16.0 Å². The molecule has 8 heteroatoms. The number of rotatable bonds is 5. The number of sulfonamides is 1. The van der Waals surface area contributed by atoms with Crippen molar-refractivity contribution in [3.63, 3.8) is 0 Å². The minimum absolute atomic E-state index is 0.330. The van der Waals surface area contributed by atoms with Gasteiger partial charge < -0.3 is 5.11 Å². The zero-order chi connectivity index (χ0) is 14.8. The van der Waals surface area contributed by atoms with Gasteiger partial charge in [-0.2, -0.15) is 0 Å². The van der Waals surface area contributed by atoms with Crippen molar-refractivity contribution in [3.05, 3.63) is 16.3 Å². The molecule has 2 heterocycles. The quantitative estimate of drug-likeness (QED) is 0.835. The summed E-state index contributed by atoms with van der Waals surface area (Å²) in [5, 5.41) is 10.7. The lowest BCUT2D eigenvalue weighted by atomic mass is 10.0. The van der Waals surface area contributed by atoms with Crippen molar-refractivity contribution >= 4 is 39.1 Å². The first-order valence-electron chi connectivity index (χ1n) is 6.26. The fraction of sp³-hybridized carbons (Fsp3) is 0.583. The van der Waals surface area contributed by atoms with Crippen LogP contribution in [0.5, 0.6) is 0 Å². The van der Waals surface area contributed by atoms with Gasteiger partial charge in [0.25, 0.3) is 0 Å². The van der Waals surface area contributed by atoms with E-state index in [9.17, 15) is 13.2 Å². The van der Waals surface area contributed by atoms with Crippen LogP contribution in [0.2, 0.25) is 0 Å². The zero-order valence-corrected chi connectivity index (χ0v) is 13.6. The minimum atomic E-state index is -3.10. The van der Waals surface area contributed by atoms with E-state index in [1.54, 1.807) is 17.8 Å². The highest BCUT2D eigenvalue weighted by Gasteiger charge is 2.25. The third kappa shape index (κ3) is 4.21. The maximum Gasteiger partial charge on any atom is 0.345 e. The molecule has 1 atom stereocenters. The molecule has 0 saturated carbocycles. The van der Waals surface area contributed by atoms with Crippen molar-refractivity contribution in [2.24, 2.45) is 5.92 Å². The molecule has 1 aliphatic rings. The molecule has 2 rings (SSSR count). The monoisotopic (exact) mass is 335 g/mol. The van der Waals surface area contributed by atoms with Gasteiger partial charge in [0.15, 0.2) is 0 Å². The number of piperidine rings is 1. The second-order valence-corrected chi connectivity index (χ2v) is 8.88. The van der Waals surface area contributed by atoms with Gasteiger partial charge in [-0.3, -0.25) is 0 Å². The molecular weight excluding hydrogens is 318 g/mol. The van der Waals surface area contributed by atoms with Crippen molar-refractivity contribution in [2.75, 3.05) is 25.1 Å². The number of carboxylic acids is 1. The van der Waals surface area contributed by atoms with E-state index in [-0.39, 0.29) is 0 Å². The Labute approximate surface area is 127 Å². The van der Waals surface area contributed by atoms with Gasteiger partial charge in [0.2, 0.25) is 10.0 Å². The Morgan fingerprint density at radius 3 is 2.95 bits per heavy atom. The molecule has 0 aliphatic carbocycles. The van der Waals surface area contributed by atoms with Gasteiger partial charge in [-0.1, -0.05) is 0 Å². The number of thioether (sulfide) groups is 1. The molecule has 1 saturated heterocycles. The summed E-state index contributed by atoms with van der Waals surface area (Å²) in [4.78, 5) is 12.1. The molecular formula is C12H17NO4S3. The maximum absolute atomic E-state index is 11.5. The van der Waals surface area contributed by atoms with Gasteiger partial charge in [-0.25, -0.2) is 17.5 Å². The normalized spacial score (nSPS) is 20.9. The fourth-order valence-electron chi connectivity index (χ4n) is 2.18. The van der Waals surface area contributed by atoms with Crippen molar-refractivity contribution in [1.82, 2.24) is 4.31 Å². The zero-order valence-electron chi connectivity index (χ0n) is 11.1. The van der Waals surface area contributed by atoms with E-state index in [1.807, 2.05) is 5.38 Å². The molecule has 5 nitrogen and oxygen atoms in total. The molecule has 0 radical (unpaired) electrons. The second-order valence-electron chi connectivity index (χ2n) is 4.89. The number of hydrogen-bond donors (Lipinski definition) is 1. The average molecular weight is 335 g/mol. The number of carbonyl (C=O) groups is 1. The number of aromatic carboxylic acids is 1. The summed E-state index contributed by atoms with van der Waals surface area (Å²) in [6.07, 6.45) is 3.16. The number of nitrogens with zero attached hydrogens (tertiary/aromatic N) is 1. The third-order valence-corrected chi connectivity index (χ3v) is 6.77. The molecule has 0 aromatic carbocycles. The topological polar surface area (TPSA) is 74.7 Å². The molecule has 0 spiro atoms. The molecule has 1 N–H and O–H groups in total. The first-order valence-corrected chi connectivity index (χ1v) is 9.97. The third-order valence-electron chi connectivity index (χ3n) is 3.22. The average Bonchev–Trinajstić information content (AvgIpc) is 2.85. The summed E-state index contributed by atoms with van der Waals surface area (Å²) in [5.41, 5.74) is 0. The van der Waals surface area contributed by atoms with Gasteiger partial charge in [-0.05, 0) is 24.8 Å². The highest BCUT2D eigenvalue weighted by atomic mass is 32.2. The Balaban J connectivity index is 1.88. The molecule has 1 fully saturated rings. The Morgan fingerprint density at radius 1 is 1.60 bits per heavy atom. The van der Waals surface area contributed by atoms with E-state index in [4.69, 9.17) is 5.11 Å². The first kappa shape index (κ1) is 15.8. The summed E-state index contributed by atoms with van der Waals surface area (Å²) in [6, 6.07) is 1.68. The van der Waals surface area contributed by atoms with Gasteiger partial charge in [0.1, 0.15) is 4.88 Å². The number of carboxylic acid groups (broad SMARTS) is 1. The maximum atomic E-state index is 11.5. The van der Waals surface area contributed by atoms with Crippen LogP contribution < -0.4 is 0 Å². The second kappa shape index (κ2) is 6.46. The fourth-order valence-corrected chi connectivity index (χ4v) is 5.13. The van der Waals surface area contributed by atoms with Crippen LogP contribution in [0.4, 0.5) is 0 Å². The van der Waals surface area contributed by atoms with Crippen molar-refractivity contribution in [2.45, 2.75) is 17.7 Å². The highest BCUT2D eigenvalue weighted by molar-refractivity contribution is 7.99. The van der Waals surface area contributed by atoms with E-state index in [0.29, 0.717) is 23.9 Å². The van der Waals surface area contributed by atoms with Gasteiger partial charge in [0.05, 0.1) is 6.26 Å². The van der Waals surface area contributed by atoms with Crippen molar-refractivity contribution in [3.8, 4) is 0 Å². The van der Waals surface area contributed by atoms with E-state index in [1.165, 1.54) is 21.9 Å². The lowest BCUT2D eigenvalue weighted by Crippen LogP contribution is -2.39. The lowest BCUT2D eigenvalue weighted by Gasteiger charge is -2.30. The summed E-state index contributed by atoms with van der Waals surface area (Å²) in [5.74, 6) is 0.251. The molecule has 1 unspecified atom stereocenters. The minimum Gasteiger partial charge on any atom is -0.477 e. The molecule has 0 amide bonds. The molecule has 1 aromatic rings. The summed E-state index contributed by atoms with van der Waals surface area (Å²) >= 11 is 2.83. The SMILES string of the molecule is CS(=O)(=O)N1CCCC(CSc2csc(C(=O)O)c2)C1. The smallest absolute Gasteiger partial charge is 0.345 e. The Bertz CT molecular complexity index is 581. The van der Waals surface area contributed by atoms with Gasteiger partial charge in [0, 0.05) is 29.1 Å². The van der Waals surface area contributed by atoms with E-state index >= 15 is 0 Å². The molecule has 112 valence electrons. The number of hydrogen-bond acceptors (Lipinski definition) is 5. The Morgan fingerprint density at radius 2 is 2.35 bits per heavy atom. The first-order chi connectivity index (χ1) is 9.36. The Kier molecular flexibility index (Phi) is 5.11. The van der Waals surface area contributed by atoms with Crippen LogP contribution in [0.1, 0.15) is 22.5 Å². The van der Waals surface area contributed by atoms with Crippen molar-refractivity contribution < 1.29 is 18.3 Å². The van der Waals surface area contributed by atoms with Crippen LogP contribution in [0.3, 0.4) is 0 Å². The largest absolute Gasteiger partial charge is 0.477 e.